The quantitative estimate of drug-likeness (QED) is 0.633. The number of nitrogens with two attached hydrogens (primary N) is 1. The van der Waals surface area contributed by atoms with E-state index in [1.54, 1.807) is 0 Å². The minimum atomic E-state index is -0.461. The molecule has 0 heterocycles. The summed E-state index contributed by atoms with van der Waals surface area (Å²) in [6.45, 7) is 3.94. The van der Waals surface area contributed by atoms with Crippen molar-refractivity contribution in [3.05, 3.63) is 0 Å². The molecule has 94 valence electrons. The van der Waals surface area contributed by atoms with E-state index in [4.69, 9.17) is 5.73 Å². The molecule has 0 bridgehead atoms. The van der Waals surface area contributed by atoms with Crippen LogP contribution in [0.15, 0.2) is 0 Å². The van der Waals surface area contributed by atoms with Crippen LogP contribution in [0.3, 0.4) is 0 Å². The maximum absolute atomic E-state index is 11.8. The van der Waals surface area contributed by atoms with Crippen molar-refractivity contribution in [2.75, 3.05) is 6.61 Å². The summed E-state index contributed by atoms with van der Waals surface area (Å²) in [5, 5.41) is 12.3. The van der Waals surface area contributed by atoms with Crippen LogP contribution in [0.2, 0.25) is 0 Å². The van der Waals surface area contributed by atoms with Crippen molar-refractivity contribution in [3.63, 3.8) is 0 Å². The first-order chi connectivity index (χ1) is 7.49. The number of amides is 1. The Bertz CT molecular complexity index is 237. The summed E-state index contributed by atoms with van der Waals surface area (Å²) in [4.78, 5) is 11.8. The van der Waals surface area contributed by atoms with Gasteiger partial charge < -0.3 is 16.2 Å². The monoisotopic (exact) mass is 228 g/mol. The first-order valence-corrected chi connectivity index (χ1v) is 6.20. The number of carbonyl (C=O) groups is 1. The zero-order valence-electron chi connectivity index (χ0n) is 10.4. The van der Waals surface area contributed by atoms with Crippen molar-refractivity contribution in [1.82, 2.24) is 5.32 Å². The van der Waals surface area contributed by atoms with Crippen LogP contribution in [0.1, 0.15) is 52.4 Å². The van der Waals surface area contributed by atoms with E-state index < -0.39 is 5.54 Å². The average molecular weight is 228 g/mol. The lowest BCUT2D eigenvalue weighted by molar-refractivity contribution is -0.125. The highest BCUT2D eigenvalue weighted by molar-refractivity contribution is 5.78. The van der Waals surface area contributed by atoms with Gasteiger partial charge in [0, 0.05) is 12.0 Å². The molecule has 1 rings (SSSR count). The molecule has 4 heteroatoms. The van der Waals surface area contributed by atoms with Crippen LogP contribution in [-0.2, 0) is 4.79 Å². The van der Waals surface area contributed by atoms with Crippen molar-refractivity contribution in [3.8, 4) is 0 Å². The normalized spacial score (nSPS) is 19.0. The lowest BCUT2D eigenvalue weighted by atomic mass is 9.75. The summed E-state index contributed by atoms with van der Waals surface area (Å²) < 4.78 is 0. The highest BCUT2D eigenvalue weighted by atomic mass is 16.3. The van der Waals surface area contributed by atoms with Gasteiger partial charge in [-0.25, -0.2) is 0 Å². The number of carbonyl (C=O) groups excluding carboxylic acids is 1. The third kappa shape index (κ3) is 2.95. The van der Waals surface area contributed by atoms with Gasteiger partial charge in [0.25, 0.3) is 0 Å². The molecule has 0 aromatic rings. The number of nitrogens with one attached hydrogen (secondary N) is 1. The summed E-state index contributed by atoms with van der Waals surface area (Å²) in [5.41, 5.74) is 5.28. The van der Waals surface area contributed by atoms with Crippen LogP contribution < -0.4 is 11.1 Å². The molecule has 1 fully saturated rings. The minimum Gasteiger partial charge on any atom is -0.394 e. The Balaban J connectivity index is 2.48. The second kappa shape index (κ2) is 5.15. The third-order valence-corrected chi connectivity index (χ3v) is 3.92. The Morgan fingerprint density at radius 3 is 2.31 bits per heavy atom. The van der Waals surface area contributed by atoms with Crippen molar-refractivity contribution in [1.29, 1.82) is 0 Å². The van der Waals surface area contributed by atoms with E-state index in [2.05, 4.69) is 5.32 Å². The van der Waals surface area contributed by atoms with Gasteiger partial charge in [0.05, 0.1) is 12.1 Å². The molecule has 0 radical (unpaired) electrons. The van der Waals surface area contributed by atoms with Gasteiger partial charge in [-0.1, -0.05) is 13.8 Å². The molecule has 4 nitrogen and oxygen atoms in total. The first-order valence-electron chi connectivity index (χ1n) is 6.20. The highest BCUT2D eigenvalue weighted by Gasteiger charge is 2.36. The Morgan fingerprint density at radius 2 is 2.00 bits per heavy atom. The predicted molar refractivity (Wildman–Crippen MR) is 63.9 cm³/mol. The fraction of sp³-hybridized carbons (Fsp3) is 0.917. The molecule has 0 aromatic carbocycles. The molecular weight excluding hydrogens is 204 g/mol. The van der Waals surface area contributed by atoms with E-state index in [9.17, 15) is 9.90 Å². The van der Waals surface area contributed by atoms with E-state index in [0.29, 0.717) is 6.42 Å². The minimum absolute atomic E-state index is 0.0106. The lowest BCUT2D eigenvalue weighted by Crippen LogP contribution is -2.55. The van der Waals surface area contributed by atoms with Crippen molar-refractivity contribution >= 4 is 5.91 Å². The Kier molecular flexibility index (Phi) is 4.33. The Morgan fingerprint density at radius 1 is 1.44 bits per heavy atom. The van der Waals surface area contributed by atoms with Crippen LogP contribution in [-0.4, -0.2) is 28.7 Å². The summed E-state index contributed by atoms with van der Waals surface area (Å²) in [6.07, 6.45) is 4.85. The molecule has 0 spiro atoms. The Hall–Kier alpha value is -0.610. The molecule has 1 amide bonds. The molecule has 0 saturated heterocycles. The summed E-state index contributed by atoms with van der Waals surface area (Å²) >= 11 is 0. The van der Waals surface area contributed by atoms with Gasteiger partial charge in [-0.3, -0.25) is 4.79 Å². The standard InChI is InChI=1S/C12H24N2O2/c1-3-12(4-2,9-15)14-10(16)8-11(13)6-5-7-11/h15H,3-9,13H2,1-2H3,(H,14,16). The molecule has 4 N–H and O–H groups in total. The molecule has 0 aromatic heterocycles. The molecule has 1 aliphatic carbocycles. The fourth-order valence-corrected chi connectivity index (χ4v) is 2.16. The van der Waals surface area contributed by atoms with Crippen LogP contribution in [0.25, 0.3) is 0 Å². The van der Waals surface area contributed by atoms with Gasteiger partial charge in [-0.15, -0.1) is 0 Å². The van der Waals surface area contributed by atoms with Crippen molar-refractivity contribution in [2.45, 2.75) is 63.5 Å². The topological polar surface area (TPSA) is 75.3 Å². The third-order valence-electron chi connectivity index (χ3n) is 3.92. The van der Waals surface area contributed by atoms with E-state index in [1.807, 2.05) is 13.8 Å². The number of hydrogen-bond donors (Lipinski definition) is 3. The molecule has 0 atom stereocenters. The number of aliphatic hydroxyl groups excluding tert-OH is 1. The molecule has 0 aliphatic heterocycles. The van der Waals surface area contributed by atoms with E-state index >= 15 is 0 Å². The maximum atomic E-state index is 11.8. The van der Waals surface area contributed by atoms with Crippen LogP contribution in [0.5, 0.6) is 0 Å². The molecule has 1 aliphatic rings. The summed E-state index contributed by atoms with van der Waals surface area (Å²) in [5.74, 6) is -0.0278. The van der Waals surface area contributed by atoms with Crippen LogP contribution in [0, 0.1) is 0 Å². The van der Waals surface area contributed by atoms with E-state index in [-0.39, 0.29) is 18.1 Å². The van der Waals surface area contributed by atoms with Crippen LogP contribution in [0.4, 0.5) is 0 Å². The van der Waals surface area contributed by atoms with Crippen molar-refractivity contribution in [2.24, 2.45) is 5.73 Å². The van der Waals surface area contributed by atoms with Crippen LogP contribution >= 0.6 is 0 Å². The van der Waals surface area contributed by atoms with Gasteiger partial charge in [0.2, 0.25) is 5.91 Å². The number of rotatable bonds is 6. The second-order valence-electron chi connectivity index (χ2n) is 5.09. The number of aliphatic hydroxyl groups is 1. The highest BCUT2D eigenvalue weighted by Crippen LogP contribution is 2.32. The smallest absolute Gasteiger partial charge is 0.222 e. The molecule has 0 unspecified atom stereocenters. The average Bonchev–Trinajstić information content (AvgIpc) is 2.24. The van der Waals surface area contributed by atoms with Gasteiger partial charge in [0.1, 0.15) is 0 Å². The molecule has 16 heavy (non-hydrogen) atoms. The zero-order chi connectivity index (χ0) is 12.2. The summed E-state index contributed by atoms with van der Waals surface area (Å²) in [6, 6.07) is 0. The summed E-state index contributed by atoms with van der Waals surface area (Å²) in [7, 11) is 0. The van der Waals surface area contributed by atoms with Gasteiger partial charge in [0.15, 0.2) is 0 Å². The largest absolute Gasteiger partial charge is 0.394 e. The lowest BCUT2D eigenvalue weighted by Gasteiger charge is -2.39. The Labute approximate surface area is 97.6 Å². The first kappa shape index (κ1) is 13.5. The van der Waals surface area contributed by atoms with E-state index in [0.717, 1.165) is 32.1 Å². The zero-order valence-corrected chi connectivity index (χ0v) is 10.4. The van der Waals surface area contributed by atoms with Crippen molar-refractivity contribution < 1.29 is 9.90 Å². The predicted octanol–water partition coefficient (Wildman–Crippen LogP) is 0.925. The number of hydrogen-bond acceptors (Lipinski definition) is 3. The van der Waals surface area contributed by atoms with E-state index in [1.165, 1.54) is 0 Å². The van der Waals surface area contributed by atoms with Gasteiger partial charge >= 0.3 is 0 Å². The fourth-order valence-electron chi connectivity index (χ4n) is 2.16. The SMILES string of the molecule is CCC(CC)(CO)NC(=O)CC1(N)CCC1. The second-order valence-corrected chi connectivity index (χ2v) is 5.09. The molecule has 1 saturated carbocycles. The van der Waals surface area contributed by atoms with Gasteiger partial charge in [-0.2, -0.15) is 0 Å². The maximum Gasteiger partial charge on any atom is 0.222 e. The molecular formula is C12H24N2O2. The van der Waals surface area contributed by atoms with Gasteiger partial charge in [-0.05, 0) is 32.1 Å².